The van der Waals surface area contributed by atoms with Crippen LogP contribution in [0.5, 0.6) is 0 Å². The highest BCUT2D eigenvalue weighted by molar-refractivity contribution is 7.09. The molecule has 2 nitrogen and oxygen atoms in total. The zero-order chi connectivity index (χ0) is 13.3. The first-order valence-electron chi connectivity index (χ1n) is 6.97. The molecule has 1 saturated carbocycles. The summed E-state index contributed by atoms with van der Waals surface area (Å²) in [4.78, 5) is 4.57. The van der Waals surface area contributed by atoms with Crippen LogP contribution >= 0.6 is 11.3 Å². The second-order valence-corrected chi connectivity index (χ2v) is 7.58. The lowest BCUT2D eigenvalue weighted by Crippen LogP contribution is -2.39. The van der Waals surface area contributed by atoms with Crippen molar-refractivity contribution in [2.45, 2.75) is 59.5 Å². The molecule has 1 heterocycles. The van der Waals surface area contributed by atoms with Crippen molar-refractivity contribution in [1.29, 1.82) is 0 Å². The molecule has 0 amide bonds. The quantitative estimate of drug-likeness (QED) is 0.903. The average molecular weight is 267 g/mol. The van der Waals surface area contributed by atoms with Gasteiger partial charge in [-0.15, -0.1) is 11.3 Å². The van der Waals surface area contributed by atoms with Crippen molar-refractivity contribution in [3.8, 4) is 0 Å². The monoisotopic (exact) mass is 267 g/mol. The first-order valence-corrected chi connectivity index (χ1v) is 7.85. The standard InChI is InChI=1S/C15H25NOS/c1-10-5-6-12(13(17)7-10)15(3,4)8-14-16-11(2)9-18-14/h9-10,12-13,17H,5-8H2,1-4H3. The lowest BCUT2D eigenvalue weighted by molar-refractivity contribution is -0.0125. The summed E-state index contributed by atoms with van der Waals surface area (Å²) < 4.78 is 0. The molecule has 1 aromatic heterocycles. The highest BCUT2D eigenvalue weighted by atomic mass is 32.1. The second-order valence-electron chi connectivity index (χ2n) is 6.64. The first kappa shape index (κ1) is 14.0. The van der Waals surface area contributed by atoms with E-state index < -0.39 is 0 Å². The lowest BCUT2D eigenvalue weighted by Gasteiger charge is -2.41. The fraction of sp³-hybridized carbons (Fsp3) is 0.800. The van der Waals surface area contributed by atoms with E-state index in [1.54, 1.807) is 11.3 Å². The summed E-state index contributed by atoms with van der Waals surface area (Å²) in [5, 5.41) is 13.7. The van der Waals surface area contributed by atoms with E-state index in [-0.39, 0.29) is 11.5 Å². The van der Waals surface area contributed by atoms with E-state index in [2.05, 4.69) is 31.1 Å². The third-order valence-electron chi connectivity index (χ3n) is 4.36. The fourth-order valence-corrected chi connectivity index (χ4v) is 4.28. The van der Waals surface area contributed by atoms with Gasteiger partial charge in [0, 0.05) is 17.5 Å². The second kappa shape index (κ2) is 5.30. The van der Waals surface area contributed by atoms with Gasteiger partial charge in [-0.3, -0.25) is 0 Å². The summed E-state index contributed by atoms with van der Waals surface area (Å²) in [6, 6.07) is 0. The van der Waals surface area contributed by atoms with Crippen molar-refractivity contribution in [2.24, 2.45) is 17.3 Å². The van der Waals surface area contributed by atoms with Crippen LogP contribution in [-0.2, 0) is 6.42 Å². The van der Waals surface area contributed by atoms with Gasteiger partial charge in [-0.25, -0.2) is 4.98 Å². The van der Waals surface area contributed by atoms with E-state index in [0.29, 0.717) is 11.8 Å². The van der Waals surface area contributed by atoms with Gasteiger partial charge in [-0.1, -0.05) is 27.2 Å². The highest BCUT2D eigenvalue weighted by Gasteiger charge is 2.38. The molecule has 1 aromatic rings. The number of hydrogen-bond donors (Lipinski definition) is 1. The van der Waals surface area contributed by atoms with Gasteiger partial charge in [0.15, 0.2) is 0 Å². The van der Waals surface area contributed by atoms with E-state index in [1.165, 1.54) is 11.4 Å². The zero-order valence-corrected chi connectivity index (χ0v) is 12.8. The molecule has 18 heavy (non-hydrogen) atoms. The Morgan fingerprint density at radius 3 is 2.72 bits per heavy atom. The van der Waals surface area contributed by atoms with Crippen LogP contribution in [-0.4, -0.2) is 16.2 Å². The summed E-state index contributed by atoms with van der Waals surface area (Å²) in [5.74, 6) is 1.09. The third kappa shape index (κ3) is 3.12. The molecule has 0 saturated heterocycles. The predicted molar refractivity (Wildman–Crippen MR) is 76.8 cm³/mol. The minimum Gasteiger partial charge on any atom is -0.393 e. The molecule has 1 N–H and O–H groups in total. The first-order chi connectivity index (χ1) is 8.38. The van der Waals surface area contributed by atoms with Crippen molar-refractivity contribution < 1.29 is 5.11 Å². The van der Waals surface area contributed by atoms with E-state index in [1.807, 2.05) is 6.92 Å². The topological polar surface area (TPSA) is 33.1 Å². The maximum atomic E-state index is 10.3. The molecular weight excluding hydrogens is 242 g/mol. The van der Waals surface area contributed by atoms with Crippen LogP contribution in [0, 0.1) is 24.2 Å². The number of aryl methyl sites for hydroxylation is 1. The molecule has 0 bridgehead atoms. The van der Waals surface area contributed by atoms with Crippen LogP contribution in [0.3, 0.4) is 0 Å². The van der Waals surface area contributed by atoms with Gasteiger partial charge >= 0.3 is 0 Å². The number of aromatic nitrogens is 1. The highest BCUT2D eigenvalue weighted by Crippen LogP contribution is 2.42. The van der Waals surface area contributed by atoms with Crippen LogP contribution in [0.1, 0.15) is 50.7 Å². The van der Waals surface area contributed by atoms with Crippen molar-refractivity contribution in [2.75, 3.05) is 0 Å². The molecule has 0 radical (unpaired) electrons. The van der Waals surface area contributed by atoms with Gasteiger partial charge in [0.2, 0.25) is 0 Å². The summed E-state index contributed by atoms with van der Waals surface area (Å²) in [7, 11) is 0. The zero-order valence-electron chi connectivity index (χ0n) is 11.9. The minimum absolute atomic E-state index is 0.134. The molecule has 3 heteroatoms. The molecular formula is C15H25NOS. The molecule has 3 atom stereocenters. The Balaban J connectivity index is 2.05. The van der Waals surface area contributed by atoms with Crippen molar-refractivity contribution >= 4 is 11.3 Å². The van der Waals surface area contributed by atoms with Crippen LogP contribution in [0.15, 0.2) is 5.38 Å². The van der Waals surface area contributed by atoms with Crippen LogP contribution < -0.4 is 0 Å². The number of rotatable bonds is 3. The summed E-state index contributed by atoms with van der Waals surface area (Å²) >= 11 is 1.75. The van der Waals surface area contributed by atoms with Gasteiger partial charge < -0.3 is 5.11 Å². The van der Waals surface area contributed by atoms with Gasteiger partial charge in [0.05, 0.1) is 11.1 Å². The number of nitrogens with zero attached hydrogens (tertiary/aromatic N) is 1. The Kier molecular flexibility index (Phi) is 4.12. The molecule has 1 aliphatic carbocycles. The number of thiazole rings is 1. The molecule has 3 unspecified atom stereocenters. The number of aliphatic hydroxyl groups is 1. The Hall–Kier alpha value is -0.410. The molecule has 1 aliphatic rings. The van der Waals surface area contributed by atoms with Crippen molar-refractivity contribution in [1.82, 2.24) is 4.98 Å². The predicted octanol–water partition coefficient (Wildman–Crippen LogP) is 3.82. The molecule has 0 aliphatic heterocycles. The van der Waals surface area contributed by atoms with Gasteiger partial charge in [-0.05, 0) is 37.0 Å². The Morgan fingerprint density at radius 2 is 2.17 bits per heavy atom. The maximum Gasteiger partial charge on any atom is 0.0933 e. The molecule has 0 spiro atoms. The Bertz CT molecular complexity index is 399. The summed E-state index contributed by atoms with van der Waals surface area (Å²) in [6.45, 7) is 8.86. The molecule has 2 rings (SSSR count). The Labute approximate surface area is 114 Å². The van der Waals surface area contributed by atoms with Crippen LogP contribution in [0.25, 0.3) is 0 Å². The van der Waals surface area contributed by atoms with E-state index >= 15 is 0 Å². The van der Waals surface area contributed by atoms with E-state index in [0.717, 1.165) is 25.0 Å². The lowest BCUT2D eigenvalue weighted by atomic mass is 9.66. The SMILES string of the molecule is Cc1csc(CC(C)(C)C2CCC(C)CC2O)n1. The van der Waals surface area contributed by atoms with E-state index in [9.17, 15) is 5.11 Å². The molecule has 102 valence electrons. The number of hydrogen-bond acceptors (Lipinski definition) is 3. The molecule has 1 fully saturated rings. The third-order valence-corrected chi connectivity index (χ3v) is 5.32. The van der Waals surface area contributed by atoms with Crippen LogP contribution in [0.2, 0.25) is 0 Å². The van der Waals surface area contributed by atoms with E-state index in [4.69, 9.17) is 0 Å². The van der Waals surface area contributed by atoms with Crippen molar-refractivity contribution in [3.05, 3.63) is 16.1 Å². The fourth-order valence-electron chi connectivity index (χ4n) is 3.27. The smallest absolute Gasteiger partial charge is 0.0933 e. The average Bonchev–Trinajstić information content (AvgIpc) is 2.62. The minimum atomic E-state index is -0.134. The van der Waals surface area contributed by atoms with Gasteiger partial charge in [0.25, 0.3) is 0 Å². The summed E-state index contributed by atoms with van der Waals surface area (Å²) in [6.07, 6.45) is 4.22. The van der Waals surface area contributed by atoms with Gasteiger partial charge in [0.1, 0.15) is 0 Å². The maximum absolute atomic E-state index is 10.3. The largest absolute Gasteiger partial charge is 0.393 e. The van der Waals surface area contributed by atoms with Crippen molar-refractivity contribution in [3.63, 3.8) is 0 Å². The summed E-state index contributed by atoms with van der Waals surface area (Å²) in [5.41, 5.74) is 1.26. The number of aliphatic hydroxyl groups excluding tert-OH is 1. The molecule has 0 aromatic carbocycles. The Morgan fingerprint density at radius 1 is 1.44 bits per heavy atom. The van der Waals surface area contributed by atoms with Gasteiger partial charge in [-0.2, -0.15) is 0 Å². The van der Waals surface area contributed by atoms with Crippen LogP contribution in [0.4, 0.5) is 0 Å². The normalized spacial score (nSPS) is 29.5.